The number of anilines is 1. The van der Waals surface area contributed by atoms with Crippen molar-refractivity contribution in [3.63, 3.8) is 0 Å². The van der Waals surface area contributed by atoms with Crippen LogP contribution >= 0.6 is 0 Å². The number of methoxy groups -OCH3 is 1. The first kappa shape index (κ1) is 33.5. The number of hydrogen-bond donors (Lipinski definition) is 1. The maximum atomic E-state index is 13.4. The van der Waals surface area contributed by atoms with Gasteiger partial charge >= 0.3 is 10.1 Å². The molecular weight excluding hydrogens is 567 g/mol. The largest absolute Gasteiger partial charge is 0.496 e. The first-order valence-corrected chi connectivity index (χ1v) is 18.7. The van der Waals surface area contributed by atoms with Crippen molar-refractivity contribution in [3.8, 4) is 11.6 Å². The number of benzene rings is 2. The Morgan fingerprint density at radius 2 is 1.60 bits per heavy atom. The second-order valence-electron chi connectivity index (χ2n) is 12.6. The third kappa shape index (κ3) is 8.11. The van der Waals surface area contributed by atoms with Crippen molar-refractivity contribution < 1.29 is 21.8 Å². The maximum absolute atomic E-state index is 13.4. The van der Waals surface area contributed by atoms with Gasteiger partial charge in [-0.15, -0.1) is 0 Å². The highest BCUT2D eigenvalue weighted by Crippen LogP contribution is 2.37. The average molecular weight is 614 g/mol. The topological polar surface area (TPSA) is 114 Å². The lowest BCUT2D eigenvalue weighted by atomic mass is 10.00. The number of nitrogens with two attached hydrogens (primary N) is 1. The molecule has 3 aromatic rings. The molecule has 42 heavy (non-hydrogen) atoms. The number of nitrogen functional groups attached to an aromatic ring is 1. The Morgan fingerprint density at radius 3 is 2.19 bits per heavy atom. The lowest BCUT2D eigenvalue weighted by Gasteiger charge is -2.36. The number of hydrogen-bond acceptors (Lipinski definition) is 8. The average Bonchev–Trinajstić information content (AvgIpc) is 2.84. The number of aromatic nitrogens is 2. The van der Waals surface area contributed by atoms with Gasteiger partial charge in [0.25, 0.3) is 0 Å². The van der Waals surface area contributed by atoms with Crippen LogP contribution in [0.3, 0.4) is 0 Å². The summed E-state index contributed by atoms with van der Waals surface area (Å²) in [5.74, 6) is 0.575. The molecule has 0 amide bonds. The highest BCUT2D eigenvalue weighted by Gasteiger charge is 2.36. The first-order valence-electron chi connectivity index (χ1n) is 14.4. The zero-order chi connectivity index (χ0) is 31.5. The van der Waals surface area contributed by atoms with Crippen molar-refractivity contribution in [2.24, 2.45) is 0 Å². The van der Waals surface area contributed by atoms with E-state index in [2.05, 4.69) is 49.9 Å². The normalized spacial score (nSPS) is 12.4. The molecule has 0 aliphatic carbocycles. The van der Waals surface area contributed by atoms with Gasteiger partial charge in [0.15, 0.2) is 8.32 Å². The lowest BCUT2D eigenvalue weighted by molar-refractivity contribution is 0.279. The molecule has 2 N–H and O–H groups in total. The Balaban J connectivity index is 1.80. The monoisotopic (exact) mass is 613 g/mol. The van der Waals surface area contributed by atoms with E-state index in [1.807, 2.05) is 31.2 Å². The summed E-state index contributed by atoms with van der Waals surface area (Å²) in [5.41, 5.74) is 11.2. The van der Waals surface area contributed by atoms with Gasteiger partial charge in [-0.05, 0) is 93.4 Å². The van der Waals surface area contributed by atoms with Crippen LogP contribution in [0.4, 0.5) is 5.95 Å². The lowest BCUT2D eigenvalue weighted by Crippen LogP contribution is -2.40. The number of aryl methyl sites for hydroxylation is 5. The van der Waals surface area contributed by atoms with Crippen molar-refractivity contribution in [2.75, 3.05) is 19.5 Å². The zero-order valence-corrected chi connectivity index (χ0v) is 28.7. The highest BCUT2D eigenvalue weighted by molar-refractivity contribution is 7.87. The molecule has 0 unspecified atom stereocenters. The molecule has 0 saturated heterocycles. The minimum atomic E-state index is -4.18. The van der Waals surface area contributed by atoms with Crippen molar-refractivity contribution in [1.29, 1.82) is 0 Å². The van der Waals surface area contributed by atoms with Crippen molar-refractivity contribution in [1.82, 2.24) is 9.97 Å². The van der Waals surface area contributed by atoms with Crippen LogP contribution in [0.15, 0.2) is 35.2 Å². The minimum Gasteiger partial charge on any atom is -0.496 e. The molecule has 1 aromatic heterocycles. The van der Waals surface area contributed by atoms with Gasteiger partial charge in [0.2, 0.25) is 11.8 Å². The van der Waals surface area contributed by atoms with E-state index in [1.165, 1.54) is 0 Å². The Hall–Kier alpha value is -2.95. The van der Waals surface area contributed by atoms with Crippen LogP contribution in [0.2, 0.25) is 18.1 Å². The molecule has 0 atom stereocenters. The zero-order valence-electron chi connectivity index (χ0n) is 26.8. The highest BCUT2D eigenvalue weighted by atomic mass is 32.2. The molecule has 2 aromatic carbocycles. The molecule has 230 valence electrons. The SMILES string of the molecule is COc1cc(CCCCO[Si](C)(C)C(C)(C)C)ccc1Cc1c(C)nc(N)nc1OS(=O)(=O)c1c(C)cc(C)cc1C. The van der Waals surface area contributed by atoms with E-state index in [4.69, 9.17) is 19.1 Å². The minimum absolute atomic E-state index is 0.0568. The van der Waals surface area contributed by atoms with E-state index >= 15 is 0 Å². The third-order valence-electron chi connectivity index (χ3n) is 8.08. The molecule has 0 aliphatic heterocycles. The number of unbranched alkanes of at least 4 members (excludes halogenated alkanes) is 1. The maximum Gasteiger partial charge on any atom is 0.341 e. The summed E-state index contributed by atoms with van der Waals surface area (Å²) < 4.78 is 44.6. The summed E-state index contributed by atoms with van der Waals surface area (Å²) >= 11 is 0. The van der Waals surface area contributed by atoms with Gasteiger partial charge in [-0.2, -0.15) is 13.4 Å². The van der Waals surface area contributed by atoms with E-state index in [0.29, 0.717) is 34.6 Å². The van der Waals surface area contributed by atoms with Gasteiger partial charge in [-0.25, -0.2) is 4.98 Å². The fourth-order valence-electron chi connectivity index (χ4n) is 4.83. The van der Waals surface area contributed by atoms with E-state index < -0.39 is 18.4 Å². The van der Waals surface area contributed by atoms with Crippen molar-refractivity contribution in [2.45, 2.75) is 97.2 Å². The third-order valence-corrected chi connectivity index (χ3v) is 14.1. The molecule has 0 aliphatic rings. The molecule has 1 heterocycles. The molecule has 3 rings (SSSR count). The number of nitrogens with zero attached hydrogens (tertiary/aromatic N) is 2. The van der Waals surface area contributed by atoms with Crippen molar-refractivity contribution >= 4 is 24.4 Å². The van der Waals surface area contributed by atoms with Gasteiger partial charge in [-0.3, -0.25) is 0 Å². The summed E-state index contributed by atoms with van der Waals surface area (Å²) in [5, 5.41) is 0.206. The molecule has 8 nitrogen and oxygen atoms in total. The van der Waals surface area contributed by atoms with Gasteiger partial charge in [0.05, 0.1) is 12.8 Å². The standard InChI is InChI=1S/C32H47N3O5SSi/c1-21-17-22(2)29(23(3)18-21)41(36,37)40-30-27(24(4)34-31(33)35-30)20-26-15-14-25(19-28(26)38-8)13-11-12-16-39-42(9,10)32(5,6)7/h14-15,17-19H,11-13,16,20H2,1-10H3,(H2,33,34,35). The molecule has 0 saturated carbocycles. The summed E-state index contributed by atoms with van der Waals surface area (Å²) in [6, 6.07) is 9.75. The van der Waals surface area contributed by atoms with Crippen LogP contribution in [0.25, 0.3) is 0 Å². The molecule has 0 bridgehead atoms. The van der Waals surface area contributed by atoms with Gasteiger partial charge in [-0.1, -0.05) is 50.6 Å². The number of ether oxygens (including phenoxy) is 1. The first-order chi connectivity index (χ1) is 19.4. The summed E-state index contributed by atoms with van der Waals surface area (Å²) in [4.78, 5) is 8.61. The van der Waals surface area contributed by atoms with Crippen LogP contribution in [0.5, 0.6) is 11.6 Å². The van der Waals surface area contributed by atoms with Crippen LogP contribution in [0.1, 0.15) is 72.7 Å². The fraction of sp³-hybridized carbons (Fsp3) is 0.500. The molecular formula is C32H47N3O5SSi. The smallest absolute Gasteiger partial charge is 0.341 e. The van der Waals surface area contributed by atoms with Crippen molar-refractivity contribution in [3.05, 3.63) is 69.4 Å². The predicted octanol–water partition coefficient (Wildman–Crippen LogP) is 7.00. The number of rotatable bonds is 12. The summed E-state index contributed by atoms with van der Waals surface area (Å²) in [7, 11) is -4.28. The van der Waals surface area contributed by atoms with Gasteiger partial charge in [0, 0.05) is 18.6 Å². The van der Waals surface area contributed by atoms with Crippen LogP contribution in [0, 0.1) is 27.7 Å². The quantitative estimate of drug-likeness (QED) is 0.132. The molecule has 10 heteroatoms. The predicted molar refractivity (Wildman–Crippen MR) is 172 cm³/mol. The Bertz CT molecular complexity index is 1510. The van der Waals surface area contributed by atoms with Gasteiger partial charge in [0.1, 0.15) is 10.6 Å². The van der Waals surface area contributed by atoms with Crippen LogP contribution < -0.4 is 14.7 Å². The van der Waals surface area contributed by atoms with Crippen LogP contribution in [-0.2, 0) is 27.4 Å². The van der Waals surface area contributed by atoms with E-state index in [1.54, 1.807) is 27.9 Å². The van der Waals surface area contributed by atoms with E-state index in [9.17, 15) is 8.42 Å². The molecule has 0 radical (unpaired) electrons. The summed E-state index contributed by atoms with van der Waals surface area (Å²) in [6.45, 7) is 19.3. The van der Waals surface area contributed by atoms with Crippen LogP contribution in [-0.4, -0.2) is 40.4 Å². The van der Waals surface area contributed by atoms with E-state index in [-0.39, 0.29) is 21.8 Å². The fourth-order valence-corrected chi connectivity index (χ4v) is 7.25. The van der Waals surface area contributed by atoms with Gasteiger partial charge < -0.3 is 19.1 Å². The Morgan fingerprint density at radius 1 is 0.952 bits per heavy atom. The molecule has 0 spiro atoms. The summed E-state index contributed by atoms with van der Waals surface area (Å²) in [6.07, 6.45) is 3.22. The Labute approximate surface area is 253 Å². The second-order valence-corrected chi connectivity index (χ2v) is 18.9. The van der Waals surface area contributed by atoms with E-state index in [0.717, 1.165) is 42.6 Å². The second kappa shape index (κ2) is 13.1. The molecule has 0 fully saturated rings. The Kier molecular flexibility index (Phi) is 10.5.